The molecule has 4 nitrogen and oxygen atoms in total. The fourth-order valence-electron chi connectivity index (χ4n) is 3.00. The zero-order valence-corrected chi connectivity index (χ0v) is 18.0. The number of thioether (sulfide) groups is 1. The quantitative estimate of drug-likeness (QED) is 0.625. The van der Waals surface area contributed by atoms with E-state index in [0.717, 1.165) is 16.9 Å². The molecule has 0 bridgehead atoms. The number of carbonyl (C=O) groups is 2. The van der Waals surface area contributed by atoms with Crippen molar-refractivity contribution in [1.29, 1.82) is 0 Å². The zero-order valence-electron chi connectivity index (χ0n) is 17.2. The summed E-state index contributed by atoms with van der Waals surface area (Å²) >= 11 is 1.53. The van der Waals surface area contributed by atoms with Gasteiger partial charge in [0.2, 0.25) is 11.8 Å². The van der Waals surface area contributed by atoms with Crippen LogP contribution in [0.25, 0.3) is 0 Å². The molecule has 1 atom stereocenters. The first-order valence-electron chi connectivity index (χ1n) is 9.86. The maximum Gasteiger partial charge on any atom is 0.243 e. The molecule has 0 saturated heterocycles. The van der Waals surface area contributed by atoms with Crippen LogP contribution in [0.5, 0.6) is 0 Å². The molecule has 0 radical (unpaired) electrons. The normalized spacial score (nSPS) is 11.9. The molecule has 6 heteroatoms. The maximum atomic E-state index is 13.3. The highest BCUT2D eigenvalue weighted by Gasteiger charge is 2.28. The van der Waals surface area contributed by atoms with Crippen molar-refractivity contribution in [3.05, 3.63) is 71.5 Å². The second-order valence-corrected chi connectivity index (χ2v) is 8.20. The van der Waals surface area contributed by atoms with Gasteiger partial charge in [-0.2, -0.15) is 0 Å². The fourth-order valence-corrected chi connectivity index (χ4v) is 3.87. The second kappa shape index (κ2) is 11.6. The minimum Gasteiger partial charge on any atom is -0.352 e. The first-order chi connectivity index (χ1) is 13.9. The third kappa shape index (κ3) is 7.54. The Morgan fingerprint density at radius 3 is 2.28 bits per heavy atom. The number of carbonyl (C=O) groups excluding carboxylic acids is 2. The highest BCUT2D eigenvalue weighted by Crippen LogP contribution is 2.17. The predicted molar refractivity (Wildman–Crippen MR) is 117 cm³/mol. The molecule has 0 spiro atoms. The van der Waals surface area contributed by atoms with E-state index in [2.05, 4.69) is 5.32 Å². The standard InChI is InChI=1S/C23H29FN2O2S/c1-4-21(23(28)25-17(2)3)26(14-18-10-12-20(24)13-11-18)22(27)16-29-15-19-8-6-5-7-9-19/h5-13,17,21H,4,14-16H2,1-3H3,(H,25,28). The molecule has 2 aromatic rings. The molecule has 0 aliphatic carbocycles. The van der Waals surface area contributed by atoms with E-state index >= 15 is 0 Å². The average Bonchev–Trinajstić information content (AvgIpc) is 2.69. The van der Waals surface area contributed by atoms with Crippen LogP contribution in [0.2, 0.25) is 0 Å². The molecule has 0 fully saturated rings. The number of nitrogens with zero attached hydrogens (tertiary/aromatic N) is 1. The Hall–Kier alpha value is -2.34. The van der Waals surface area contributed by atoms with E-state index in [1.807, 2.05) is 51.1 Å². The van der Waals surface area contributed by atoms with Gasteiger partial charge in [-0.1, -0.05) is 49.4 Å². The number of amides is 2. The topological polar surface area (TPSA) is 49.4 Å². The highest BCUT2D eigenvalue weighted by atomic mass is 32.2. The number of halogens is 1. The summed E-state index contributed by atoms with van der Waals surface area (Å²) in [6.07, 6.45) is 0.509. The van der Waals surface area contributed by atoms with Crippen molar-refractivity contribution in [2.24, 2.45) is 0 Å². The third-order valence-corrected chi connectivity index (χ3v) is 5.41. The Labute approximate surface area is 176 Å². The van der Waals surface area contributed by atoms with Gasteiger partial charge in [-0.3, -0.25) is 9.59 Å². The molecular weight excluding hydrogens is 387 g/mol. The predicted octanol–water partition coefficient (Wildman–Crippen LogP) is 4.39. The van der Waals surface area contributed by atoms with Crippen molar-refractivity contribution in [2.45, 2.75) is 51.6 Å². The van der Waals surface area contributed by atoms with Gasteiger partial charge in [0.05, 0.1) is 5.75 Å². The number of rotatable bonds is 10. The van der Waals surface area contributed by atoms with E-state index in [9.17, 15) is 14.0 Å². The molecular formula is C23H29FN2O2S. The lowest BCUT2D eigenvalue weighted by Gasteiger charge is -2.31. The van der Waals surface area contributed by atoms with Crippen LogP contribution >= 0.6 is 11.8 Å². The molecule has 0 aliphatic heterocycles. The van der Waals surface area contributed by atoms with Crippen LogP contribution in [0.3, 0.4) is 0 Å². The number of hydrogen-bond donors (Lipinski definition) is 1. The summed E-state index contributed by atoms with van der Waals surface area (Å²) in [6, 6.07) is 15.4. The molecule has 0 aromatic heterocycles. The van der Waals surface area contributed by atoms with Gasteiger partial charge in [-0.15, -0.1) is 11.8 Å². The van der Waals surface area contributed by atoms with E-state index in [-0.39, 0.29) is 36.0 Å². The number of hydrogen-bond acceptors (Lipinski definition) is 3. The Bertz CT molecular complexity index is 781. The monoisotopic (exact) mass is 416 g/mol. The highest BCUT2D eigenvalue weighted by molar-refractivity contribution is 7.99. The van der Waals surface area contributed by atoms with Gasteiger partial charge < -0.3 is 10.2 Å². The first kappa shape index (κ1) is 22.9. The molecule has 1 N–H and O–H groups in total. The minimum atomic E-state index is -0.563. The van der Waals surface area contributed by atoms with Crippen LogP contribution in [-0.4, -0.2) is 34.6 Å². The summed E-state index contributed by atoms with van der Waals surface area (Å²) in [5.41, 5.74) is 1.95. The summed E-state index contributed by atoms with van der Waals surface area (Å²) in [5.74, 6) is 0.426. The lowest BCUT2D eigenvalue weighted by atomic mass is 10.1. The van der Waals surface area contributed by atoms with Gasteiger partial charge in [0.15, 0.2) is 0 Å². The lowest BCUT2D eigenvalue weighted by Crippen LogP contribution is -2.50. The summed E-state index contributed by atoms with van der Waals surface area (Å²) < 4.78 is 13.3. The van der Waals surface area contributed by atoms with Crippen molar-refractivity contribution in [1.82, 2.24) is 10.2 Å². The van der Waals surface area contributed by atoms with Crippen LogP contribution in [0.4, 0.5) is 4.39 Å². The zero-order chi connectivity index (χ0) is 21.2. The molecule has 2 amide bonds. The molecule has 0 heterocycles. The van der Waals surface area contributed by atoms with E-state index in [0.29, 0.717) is 6.42 Å². The molecule has 156 valence electrons. The summed E-state index contributed by atoms with van der Waals surface area (Å²) in [6.45, 7) is 5.96. The SMILES string of the molecule is CCC(C(=O)NC(C)C)N(Cc1ccc(F)cc1)C(=O)CSCc1ccccc1. The molecule has 2 aromatic carbocycles. The molecule has 1 unspecified atom stereocenters. The van der Waals surface area contributed by atoms with Crippen molar-refractivity contribution in [3.63, 3.8) is 0 Å². The van der Waals surface area contributed by atoms with E-state index in [1.165, 1.54) is 23.9 Å². The lowest BCUT2D eigenvalue weighted by molar-refractivity contribution is -0.139. The Morgan fingerprint density at radius 1 is 1.03 bits per heavy atom. The van der Waals surface area contributed by atoms with Crippen molar-refractivity contribution in [3.8, 4) is 0 Å². The van der Waals surface area contributed by atoms with Gasteiger partial charge in [0, 0.05) is 18.3 Å². The third-order valence-electron chi connectivity index (χ3n) is 4.42. The van der Waals surface area contributed by atoms with Crippen LogP contribution in [0.1, 0.15) is 38.3 Å². The van der Waals surface area contributed by atoms with Gasteiger partial charge in [0.1, 0.15) is 11.9 Å². The summed E-state index contributed by atoms with van der Waals surface area (Å²) in [4.78, 5) is 27.4. The number of benzene rings is 2. The first-order valence-corrected chi connectivity index (χ1v) is 11.0. The molecule has 0 saturated carbocycles. The molecule has 0 aliphatic rings. The van der Waals surface area contributed by atoms with E-state index < -0.39 is 6.04 Å². The molecule has 2 rings (SSSR count). The smallest absolute Gasteiger partial charge is 0.243 e. The van der Waals surface area contributed by atoms with Gasteiger partial charge in [-0.25, -0.2) is 4.39 Å². The van der Waals surface area contributed by atoms with Crippen LogP contribution < -0.4 is 5.32 Å². The van der Waals surface area contributed by atoms with Crippen molar-refractivity contribution >= 4 is 23.6 Å². The van der Waals surface area contributed by atoms with Gasteiger partial charge in [-0.05, 0) is 43.5 Å². The minimum absolute atomic E-state index is 0.00761. The van der Waals surface area contributed by atoms with Crippen LogP contribution in [0.15, 0.2) is 54.6 Å². The average molecular weight is 417 g/mol. The Balaban J connectivity index is 2.11. The van der Waals surface area contributed by atoms with Crippen LogP contribution in [-0.2, 0) is 21.9 Å². The molecule has 29 heavy (non-hydrogen) atoms. The van der Waals surface area contributed by atoms with E-state index in [1.54, 1.807) is 17.0 Å². The second-order valence-electron chi connectivity index (χ2n) is 7.21. The fraction of sp³-hybridized carbons (Fsp3) is 0.391. The van der Waals surface area contributed by atoms with Crippen molar-refractivity contribution < 1.29 is 14.0 Å². The Kier molecular flexibility index (Phi) is 9.19. The number of nitrogens with one attached hydrogen (secondary N) is 1. The maximum absolute atomic E-state index is 13.3. The Morgan fingerprint density at radius 2 is 1.69 bits per heavy atom. The van der Waals surface area contributed by atoms with Gasteiger partial charge in [0.25, 0.3) is 0 Å². The van der Waals surface area contributed by atoms with E-state index in [4.69, 9.17) is 0 Å². The largest absolute Gasteiger partial charge is 0.352 e. The summed E-state index contributed by atoms with van der Waals surface area (Å²) in [7, 11) is 0. The van der Waals surface area contributed by atoms with Gasteiger partial charge >= 0.3 is 0 Å². The summed E-state index contributed by atoms with van der Waals surface area (Å²) in [5, 5.41) is 2.91. The van der Waals surface area contributed by atoms with Crippen LogP contribution in [0, 0.1) is 5.82 Å². The van der Waals surface area contributed by atoms with Crippen molar-refractivity contribution in [2.75, 3.05) is 5.75 Å².